The molecule has 0 spiro atoms. The molecule has 2 heterocycles. The Hall–Kier alpha value is -5.18. The Morgan fingerprint density at radius 2 is 0.900 bits per heavy atom. The Kier molecular flexibility index (Phi) is 17.7. The van der Waals surface area contributed by atoms with Gasteiger partial charge in [-0.25, -0.2) is 16.8 Å². The minimum absolute atomic E-state index is 0.0275. The molecule has 2 atom stereocenters. The number of methoxy groups -OCH3 is 2. The first kappa shape index (κ1) is 54.2. The van der Waals surface area contributed by atoms with Gasteiger partial charge in [-0.15, -0.1) is 0 Å². The molecule has 382 valence electrons. The van der Waals surface area contributed by atoms with Gasteiger partial charge >= 0.3 is 0 Å². The van der Waals surface area contributed by atoms with E-state index in [0.717, 1.165) is 45.0 Å². The summed E-state index contributed by atoms with van der Waals surface area (Å²) in [6.45, 7) is 0.798. The van der Waals surface area contributed by atoms with E-state index < -0.39 is 85.2 Å². The topological polar surface area (TPSA) is 338 Å². The molecule has 2 aliphatic rings. The maximum Gasteiger partial charge on any atom is 0.294 e. The average Bonchev–Trinajstić information content (AvgIpc) is 3.33. The van der Waals surface area contributed by atoms with Crippen molar-refractivity contribution < 1.29 is 91.0 Å². The lowest BCUT2D eigenvalue weighted by Gasteiger charge is -2.27. The second-order valence-electron chi connectivity index (χ2n) is 15.3. The number of hydrogen-bond acceptors (Lipinski definition) is 18. The maximum atomic E-state index is 13.7. The normalized spacial score (nSPS) is 16.3. The number of sulfonamides is 2. The number of nitrogens with zero attached hydrogens (tertiary/aromatic N) is 2. The largest absolute Gasteiger partial charge is 0.490 e. The molecular formula is C42H50N4O20S4. The van der Waals surface area contributed by atoms with Crippen LogP contribution in [0.1, 0.15) is 44.1 Å². The summed E-state index contributed by atoms with van der Waals surface area (Å²) in [6, 6.07) is 12.4. The molecular weight excluding hydrogens is 1010 g/mol. The number of ether oxygens (including phenoxy) is 6. The van der Waals surface area contributed by atoms with Crippen LogP contribution < -0.4 is 20.1 Å². The summed E-state index contributed by atoms with van der Waals surface area (Å²) in [5.74, 6) is -2.07. The second-order valence-corrected chi connectivity index (χ2v) is 21.9. The highest BCUT2D eigenvalue weighted by Crippen LogP contribution is 2.38. The van der Waals surface area contributed by atoms with Gasteiger partial charge in [0.1, 0.15) is 56.5 Å². The molecule has 6 rings (SSSR count). The highest BCUT2D eigenvalue weighted by atomic mass is 32.2. The quantitative estimate of drug-likeness (QED) is 0.0509. The van der Waals surface area contributed by atoms with Crippen LogP contribution in [-0.2, 0) is 59.2 Å². The minimum atomic E-state index is -5.30. The first-order valence-corrected chi connectivity index (χ1v) is 26.7. The van der Waals surface area contributed by atoms with Gasteiger partial charge in [0, 0.05) is 74.0 Å². The fourth-order valence-corrected chi connectivity index (χ4v) is 11.8. The van der Waals surface area contributed by atoms with Gasteiger partial charge < -0.3 is 49.3 Å². The summed E-state index contributed by atoms with van der Waals surface area (Å²) in [7, 11) is -16.2. The standard InChI is InChI=1S/C42H50N4O20S4/c1-61-19-21-65-33-9-3-27(23-37(33)67(51,52)45-11-15-63-16-12-45)41(49)43-29-5-7-31(35(25-29)69(55,56)57)39(47)40(48)32-8-6-30(26-36(32)70(58,59)60)44-42(50)28-4-10-34(66-22-20-62-2)38(24-28)68(53,54)46-13-17-64-18-14-46/h3-10,23-26,39-40,47-48H,11-22H2,1-2H3,(H,43,49)(H,44,50)(H,55,56,57)(H,58,59,60). The molecule has 0 bridgehead atoms. The summed E-state index contributed by atoms with van der Waals surface area (Å²) < 4.78 is 160. The summed E-state index contributed by atoms with van der Waals surface area (Å²) in [4.78, 5) is 24.3. The number of anilines is 2. The van der Waals surface area contributed by atoms with Crippen LogP contribution in [-0.4, -0.2) is 167 Å². The maximum absolute atomic E-state index is 13.7. The van der Waals surface area contributed by atoms with Crippen molar-refractivity contribution in [2.24, 2.45) is 0 Å². The number of rotatable bonds is 21. The van der Waals surface area contributed by atoms with Crippen LogP contribution in [0.5, 0.6) is 11.5 Å². The molecule has 28 heteroatoms. The minimum Gasteiger partial charge on any atom is -0.490 e. The van der Waals surface area contributed by atoms with Crippen molar-refractivity contribution in [1.29, 1.82) is 0 Å². The first-order chi connectivity index (χ1) is 33.1. The number of carbonyl (C=O) groups excluding carboxylic acids is 2. The number of nitrogens with one attached hydrogen (secondary N) is 2. The molecule has 2 amide bonds. The van der Waals surface area contributed by atoms with Crippen LogP contribution >= 0.6 is 0 Å². The van der Waals surface area contributed by atoms with Crippen molar-refractivity contribution in [3.8, 4) is 11.5 Å². The van der Waals surface area contributed by atoms with Gasteiger partial charge in [0.2, 0.25) is 20.0 Å². The summed E-state index contributed by atoms with van der Waals surface area (Å²) in [5, 5.41) is 27.5. The van der Waals surface area contributed by atoms with Crippen LogP contribution in [0.3, 0.4) is 0 Å². The third-order valence-electron chi connectivity index (χ3n) is 10.7. The molecule has 24 nitrogen and oxygen atoms in total. The second kappa shape index (κ2) is 22.9. The van der Waals surface area contributed by atoms with Gasteiger partial charge in [-0.3, -0.25) is 18.7 Å². The zero-order valence-corrected chi connectivity index (χ0v) is 40.7. The van der Waals surface area contributed by atoms with Gasteiger partial charge in [0.25, 0.3) is 32.1 Å². The molecule has 4 aromatic carbocycles. The van der Waals surface area contributed by atoms with Gasteiger partial charge in [-0.1, -0.05) is 12.1 Å². The lowest BCUT2D eigenvalue weighted by molar-refractivity contribution is 0.0138. The number of benzene rings is 4. The molecule has 0 aliphatic carbocycles. The fourth-order valence-electron chi connectivity index (χ4n) is 7.17. The smallest absolute Gasteiger partial charge is 0.294 e. The third-order valence-corrected chi connectivity index (χ3v) is 16.4. The van der Waals surface area contributed by atoms with Crippen molar-refractivity contribution in [2.45, 2.75) is 31.8 Å². The van der Waals surface area contributed by atoms with Crippen LogP contribution in [0, 0.1) is 0 Å². The van der Waals surface area contributed by atoms with Gasteiger partial charge in [0.15, 0.2) is 0 Å². The monoisotopic (exact) mass is 1060 g/mol. The van der Waals surface area contributed by atoms with E-state index >= 15 is 0 Å². The zero-order chi connectivity index (χ0) is 51.0. The first-order valence-electron chi connectivity index (χ1n) is 21.0. The van der Waals surface area contributed by atoms with Crippen LogP contribution in [0.15, 0.2) is 92.4 Å². The van der Waals surface area contributed by atoms with E-state index in [-0.39, 0.29) is 123 Å². The molecule has 2 unspecified atom stereocenters. The Morgan fingerprint density at radius 3 is 1.23 bits per heavy atom. The van der Waals surface area contributed by atoms with E-state index in [1.807, 2.05) is 0 Å². The predicted octanol–water partition coefficient (Wildman–Crippen LogP) is 1.54. The number of hydrogen-bond donors (Lipinski definition) is 6. The van der Waals surface area contributed by atoms with E-state index in [1.54, 1.807) is 0 Å². The number of amides is 2. The lowest BCUT2D eigenvalue weighted by atomic mass is 9.97. The van der Waals surface area contributed by atoms with Crippen molar-refractivity contribution in [3.63, 3.8) is 0 Å². The number of carbonyl (C=O) groups is 2. The average molecular weight is 1060 g/mol. The molecule has 0 saturated carbocycles. The third kappa shape index (κ3) is 12.8. The molecule has 2 saturated heterocycles. The molecule has 6 N–H and O–H groups in total. The summed E-state index contributed by atoms with van der Waals surface area (Å²) in [5.41, 5.74) is -2.48. The number of morpholine rings is 2. The Labute approximate surface area is 403 Å². The van der Waals surface area contributed by atoms with Crippen molar-refractivity contribution in [2.75, 3.05) is 104 Å². The Bertz CT molecular complexity index is 2810. The Balaban J connectivity index is 1.26. The number of aliphatic hydroxyl groups excluding tert-OH is 2. The van der Waals surface area contributed by atoms with Crippen molar-refractivity contribution >= 4 is 63.5 Å². The summed E-state index contributed by atoms with van der Waals surface area (Å²) >= 11 is 0. The van der Waals surface area contributed by atoms with Crippen molar-refractivity contribution in [1.82, 2.24) is 8.61 Å². The highest BCUT2D eigenvalue weighted by molar-refractivity contribution is 7.89. The van der Waals surface area contributed by atoms with Crippen LogP contribution in [0.2, 0.25) is 0 Å². The van der Waals surface area contributed by atoms with Gasteiger partial charge in [-0.05, 0) is 60.7 Å². The molecule has 4 aromatic rings. The summed E-state index contributed by atoms with van der Waals surface area (Å²) in [6.07, 6.45) is -4.73. The highest BCUT2D eigenvalue weighted by Gasteiger charge is 2.34. The zero-order valence-electron chi connectivity index (χ0n) is 37.4. The van der Waals surface area contributed by atoms with E-state index in [9.17, 15) is 62.6 Å². The lowest BCUT2D eigenvalue weighted by Crippen LogP contribution is -2.40. The van der Waals surface area contributed by atoms with E-state index in [1.165, 1.54) is 38.5 Å². The molecule has 2 fully saturated rings. The van der Waals surface area contributed by atoms with Crippen LogP contribution in [0.25, 0.3) is 0 Å². The molecule has 2 aliphatic heterocycles. The predicted molar refractivity (Wildman–Crippen MR) is 245 cm³/mol. The van der Waals surface area contributed by atoms with E-state index in [4.69, 9.17) is 28.4 Å². The molecule has 70 heavy (non-hydrogen) atoms. The van der Waals surface area contributed by atoms with Crippen LogP contribution in [0.4, 0.5) is 11.4 Å². The Morgan fingerprint density at radius 1 is 0.543 bits per heavy atom. The fraction of sp³-hybridized carbons (Fsp3) is 0.381. The molecule has 0 aromatic heterocycles. The van der Waals surface area contributed by atoms with Gasteiger partial charge in [-0.2, -0.15) is 25.4 Å². The van der Waals surface area contributed by atoms with Gasteiger partial charge in [0.05, 0.1) is 39.6 Å². The SMILES string of the molecule is COCCOc1ccc(C(=O)Nc2ccc(C(O)C(O)c3ccc(NC(=O)c4ccc(OCCOC)c(S(=O)(=O)N5CCOCC5)c4)cc3S(=O)(=O)O)c(S(=O)(=O)O)c2)cc1S(=O)(=O)N1CCOCC1. The van der Waals surface area contributed by atoms with E-state index in [0.29, 0.717) is 12.1 Å². The molecule has 0 radical (unpaired) electrons. The van der Waals surface area contributed by atoms with Crippen molar-refractivity contribution in [3.05, 3.63) is 95.1 Å². The van der Waals surface area contributed by atoms with E-state index in [2.05, 4.69) is 10.6 Å². The number of aliphatic hydroxyl groups is 2.